The quantitative estimate of drug-likeness (QED) is 0.714. The lowest BCUT2D eigenvalue weighted by atomic mass is 9.99. The molecule has 28 heavy (non-hydrogen) atoms. The third-order valence-electron chi connectivity index (χ3n) is 4.62. The Bertz CT molecular complexity index is 901. The molecule has 0 amide bonds. The van der Waals surface area contributed by atoms with E-state index >= 15 is 0 Å². The third kappa shape index (κ3) is 3.66. The van der Waals surface area contributed by atoms with Crippen LogP contribution in [0.5, 0.6) is 17.2 Å². The molecule has 1 aliphatic rings. The van der Waals surface area contributed by atoms with Gasteiger partial charge in [-0.3, -0.25) is 4.99 Å². The first-order valence-electron chi connectivity index (χ1n) is 9.02. The number of hydrogen-bond acceptors (Lipinski definition) is 7. The van der Waals surface area contributed by atoms with Gasteiger partial charge in [-0.25, -0.2) is 0 Å². The summed E-state index contributed by atoms with van der Waals surface area (Å²) < 4.78 is 16.5. The van der Waals surface area contributed by atoms with Crippen LogP contribution in [0.2, 0.25) is 0 Å². The maximum Gasteiger partial charge on any atom is 0.149 e. The summed E-state index contributed by atoms with van der Waals surface area (Å²) in [7, 11) is 3.14. The molecule has 3 N–H and O–H groups in total. The highest BCUT2D eigenvalue weighted by Gasteiger charge is 2.27. The number of fused-ring (bicyclic) bond motifs is 1. The number of aryl methyl sites for hydroxylation is 2. The number of hydrogen-bond donors (Lipinski definition) is 2. The summed E-state index contributed by atoms with van der Waals surface area (Å²) in [6.07, 6.45) is 0.813. The number of aliphatic imine (C=N–C) groups is 1. The van der Waals surface area contributed by atoms with Gasteiger partial charge >= 0.3 is 0 Å². The summed E-state index contributed by atoms with van der Waals surface area (Å²) in [6, 6.07) is 6.88. The van der Waals surface area contributed by atoms with Crippen molar-refractivity contribution in [1.82, 2.24) is 0 Å². The fraction of sp³-hybridized carbons (Fsp3) is 0.333. The van der Waals surface area contributed by atoms with Crippen molar-refractivity contribution in [1.29, 1.82) is 0 Å². The van der Waals surface area contributed by atoms with Crippen LogP contribution in [-0.2, 0) is 4.79 Å². The van der Waals surface area contributed by atoms with Crippen molar-refractivity contribution in [3.8, 4) is 17.2 Å². The van der Waals surface area contributed by atoms with Crippen molar-refractivity contribution in [2.24, 2.45) is 10.7 Å². The Labute approximate surface area is 164 Å². The highest BCUT2D eigenvalue weighted by molar-refractivity contribution is 6.11. The van der Waals surface area contributed by atoms with Crippen molar-refractivity contribution in [2.75, 3.05) is 32.7 Å². The number of anilines is 1. The van der Waals surface area contributed by atoms with Crippen molar-refractivity contribution >= 4 is 17.8 Å². The van der Waals surface area contributed by atoms with Crippen LogP contribution in [0.3, 0.4) is 0 Å². The molecule has 0 spiro atoms. The van der Waals surface area contributed by atoms with Gasteiger partial charge in [-0.15, -0.1) is 0 Å². The molecule has 0 aliphatic carbocycles. The number of nitrogens with two attached hydrogens (primary N) is 1. The first kappa shape index (κ1) is 19.7. The van der Waals surface area contributed by atoms with Gasteiger partial charge in [-0.2, -0.15) is 0 Å². The van der Waals surface area contributed by atoms with Crippen molar-refractivity contribution in [2.45, 2.75) is 19.9 Å². The Morgan fingerprint density at radius 2 is 1.86 bits per heavy atom. The van der Waals surface area contributed by atoms with Crippen LogP contribution in [0.1, 0.15) is 28.3 Å². The fourth-order valence-corrected chi connectivity index (χ4v) is 3.38. The third-order valence-corrected chi connectivity index (χ3v) is 4.62. The van der Waals surface area contributed by atoms with Crippen LogP contribution in [0.4, 0.5) is 5.69 Å². The molecule has 7 nitrogen and oxygen atoms in total. The average Bonchev–Trinajstić information content (AvgIpc) is 2.71. The number of nitrogens with one attached hydrogen (secondary N) is 1. The molecule has 148 valence electrons. The van der Waals surface area contributed by atoms with Crippen LogP contribution < -0.4 is 25.3 Å². The number of ether oxygens (including phenoxy) is 3. The topological polar surface area (TPSA) is 95.2 Å². The Morgan fingerprint density at radius 3 is 2.43 bits per heavy atom. The second-order valence-corrected chi connectivity index (χ2v) is 6.55. The van der Waals surface area contributed by atoms with Gasteiger partial charge in [0.2, 0.25) is 0 Å². The molecular weight excluding hydrogens is 358 g/mol. The van der Waals surface area contributed by atoms with Gasteiger partial charge in [0.25, 0.3) is 0 Å². The second-order valence-electron chi connectivity index (χ2n) is 6.55. The summed E-state index contributed by atoms with van der Waals surface area (Å²) in [5.74, 6) is 2.62. The smallest absolute Gasteiger partial charge is 0.149 e. The zero-order chi connectivity index (χ0) is 20.3. The first-order chi connectivity index (χ1) is 13.5. The molecular formula is C21H25N3O4. The first-order valence-corrected chi connectivity index (χ1v) is 9.02. The fourth-order valence-electron chi connectivity index (χ4n) is 3.38. The van der Waals surface area contributed by atoms with Gasteiger partial charge in [0.15, 0.2) is 0 Å². The summed E-state index contributed by atoms with van der Waals surface area (Å²) in [5, 5.41) is 3.31. The van der Waals surface area contributed by atoms with Crippen molar-refractivity contribution in [3.63, 3.8) is 0 Å². The molecule has 0 radical (unpaired) electrons. The Kier molecular flexibility index (Phi) is 5.84. The molecule has 1 unspecified atom stereocenters. The van der Waals surface area contributed by atoms with Crippen LogP contribution in [-0.4, -0.2) is 39.5 Å². The van der Waals surface area contributed by atoms with Crippen LogP contribution in [0.25, 0.3) is 0 Å². The van der Waals surface area contributed by atoms with E-state index in [4.69, 9.17) is 19.9 Å². The van der Waals surface area contributed by atoms with Gasteiger partial charge in [0, 0.05) is 29.8 Å². The molecule has 2 aromatic carbocycles. The lowest BCUT2D eigenvalue weighted by molar-refractivity contribution is -0.108. The summed E-state index contributed by atoms with van der Waals surface area (Å²) in [5.41, 5.74) is 9.79. The second kappa shape index (κ2) is 8.31. The molecule has 1 atom stereocenters. The van der Waals surface area contributed by atoms with E-state index in [1.54, 1.807) is 20.3 Å². The van der Waals surface area contributed by atoms with E-state index in [9.17, 15) is 4.79 Å². The molecule has 3 rings (SSSR count). The van der Waals surface area contributed by atoms with Gasteiger partial charge < -0.3 is 30.1 Å². The average molecular weight is 383 g/mol. The normalized spacial score (nSPS) is 15.2. The number of nitrogens with zero attached hydrogens (tertiary/aromatic N) is 1. The molecule has 0 bridgehead atoms. The number of rotatable bonds is 7. The molecule has 7 heteroatoms. The van der Waals surface area contributed by atoms with E-state index in [-0.39, 0.29) is 0 Å². The van der Waals surface area contributed by atoms with E-state index in [2.05, 4.69) is 10.3 Å². The monoisotopic (exact) mass is 383 g/mol. The SMILES string of the molecule is COc1cc2c(c(OC)c1)C(C=O)N=C(c1cc(C)c(OCCN)c(C)c1)N2. The van der Waals surface area contributed by atoms with Crippen LogP contribution in [0.15, 0.2) is 29.3 Å². The van der Waals surface area contributed by atoms with Gasteiger partial charge in [-0.1, -0.05) is 0 Å². The molecule has 0 saturated carbocycles. The Balaban J connectivity index is 2.04. The number of methoxy groups -OCH3 is 2. The van der Waals surface area contributed by atoms with Crippen molar-refractivity contribution in [3.05, 3.63) is 46.5 Å². The summed E-state index contributed by atoms with van der Waals surface area (Å²) in [4.78, 5) is 16.4. The molecule has 0 fully saturated rings. The summed E-state index contributed by atoms with van der Waals surface area (Å²) in [6.45, 7) is 4.86. The number of aldehydes is 1. The molecule has 0 aromatic heterocycles. The van der Waals surface area contributed by atoms with E-state index in [0.717, 1.165) is 34.4 Å². The van der Waals surface area contributed by atoms with E-state index in [1.807, 2.05) is 32.0 Å². The highest BCUT2D eigenvalue weighted by Crippen LogP contribution is 2.40. The lowest BCUT2D eigenvalue weighted by Crippen LogP contribution is -2.23. The van der Waals surface area contributed by atoms with Gasteiger partial charge in [0.1, 0.15) is 42.0 Å². The van der Waals surface area contributed by atoms with Gasteiger partial charge in [0.05, 0.1) is 19.9 Å². The molecule has 2 aromatic rings. The van der Waals surface area contributed by atoms with E-state index < -0.39 is 6.04 Å². The molecule has 1 aliphatic heterocycles. The molecule has 1 heterocycles. The minimum Gasteiger partial charge on any atom is -0.497 e. The predicted octanol–water partition coefficient (Wildman–Crippen LogP) is 2.77. The number of carbonyl (C=O) groups is 1. The van der Waals surface area contributed by atoms with Crippen LogP contribution in [0, 0.1) is 13.8 Å². The standard InChI is InChI=1S/C21H25N3O4/c1-12-7-14(8-13(2)20(12)28-6-5-22)21-23-16-9-15(26-3)10-18(27-4)19(16)17(11-25)24-21/h7-11,17H,5-6,22H2,1-4H3,(H,23,24). The van der Waals surface area contributed by atoms with Crippen LogP contribution >= 0.6 is 0 Å². The minimum atomic E-state index is -0.666. The van der Waals surface area contributed by atoms with Gasteiger partial charge in [-0.05, 0) is 37.1 Å². The number of benzene rings is 2. The summed E-state index contributed by atoms with van der Waals surface area (Å²) >= 11 is 0. The minimum absolute atomic E-state index is 0.455. The zero-order valence-electron chi connectivity index (χ0n) is 16.5. The highest BCUT2D eigenvalue weighted by atomic mass is 16.5. The maximum atomic E-state index is 11.8. The number of amidine groups is 1. The maximum absolute atomic E-state index is 11.8. The Morgan fingerprint density at radius 1 is 1.14 bits per heavy atom. The predicted molar refractivity (Wildman–Crippen MR) is 109 cm³/mol. The lowest BCUT2D eigenvalue weighted by Gasteiger charge is -2.25. The molecule has 0 saturated heterocycles. The van der Waals surface area contributed by atoms with E-state index in [1.165, 1.54) is 0 Å². The largest absolute Gasteiger partial charge is 0.497 e. The Hall–Kier alpha value is -3.06. The van der Waals surface area contributed by atoms with E-state index in [0.29, 0.717) is 36.0 Å². The van der Waals surface area contributed by atoms with Crippen molar-refractivity contribution < 1.29 is 19.0 Å². The number of carbonyl (C=O) groups excluding carboxylic acids is 1. The zero-order valence-corrected chi connectivity index (χ0v) is 16.5.